The van der Waals surface area contributed by atoms with Gasteiger partial charge in [-0.25, -0.2) is 0 Å². The lowest BCUT2D eigenvalue weighted by molar-refractivity contribution is 0.443. The van der Waals surface area contributed by atoms with Crippen LogP contribution >= 0.6 is 0 Å². The first kappa shape index (κ1) is 60.5. The number of nitrogens with zero attached hydrogens (tertiary/aromatic N) is 2. The van der Waals surface area contributed by atoms with E-state index in [-0.39, 0.29) is 5.75 Å². The average molecular weight is 1260 g/mol. The summed E-state index contributed by atoms with van der Waals surface area (Å²) in [5.41, 5.74) is 23.1. The summed E-state index contributed by atoms with van der Waals surface area (Å²) in [6, 6.07) is 81.1. The number of phenolic OH excluding ortho intramolecular Hbond substituents is 1. The Kier molecular flexibility index (Phi) is 16.1. The second-order valence-corrected chi connectivity index (χ2v) is 29.7. The minimum atomic E-state index is 0.281. The highest BCUT2D eigenvalue weighted by atomic mass is 16.3. The summed E-state index contributed by atoms with van der Waals surface area (Å²) >= 11 is 0. The molecule has 96 heavy (non-hydrogen) atoms. The largest absolute Gasteiger partial charge is 0.505 e. The first-order chi connectivity index (χ1) is 47.2. The molecule has 17 rings (SSSR count). The molecular weight excluding hydrogens is 1170 g/mol. The van der Waals surface area contributed by atoms with Crippen molar-refractivity contribution in [3.05, 3.63) is 246 Å². The van der Waals surface area contributed by atoms with Crippen molar-refractivity contribution in [2.24, 2.45) is 0 Å². The quantitative estimate of drug-likeness (QED) is 0.104. The lowest BCUT2D eigenvalue weighted by Crippen LogP contribution is -2.14. The molecule has 4 nitrogen and oxygen atoms in total. The van der Waals surface area contributed by atoms with Gasteiger partial charge in [-0.15, -0.1) is 0 Å². The number of para-hydroxylation sites is 3. The van der Waals surface area contributed by atoms with E-state index in [9.17, 15) is 5.11 Å². The summed E-state index contributed by atoms with van der Waals surface area (Å²) in [6.45, 7) is 9.14. The van der Waals surface area contributed by atoms with Gasteiger partial charge in [0.1, 0.15) is 11.3 Å². The average Bonchev–Trinajstić information content (AvgIpc) is 0.798. The molecule has 4 saturated carbocycles. The Morgan fingerprint density at radius 2 is 0.729 bits per heavy atom. The molecule has 0 radical (unpaired) electrons. The molecule has 4 fully saturated rings. The Morgan fingerprint density at radius 3 is 1.28 bits per heavy atom. The van der Waals surface area contributed by atoms with Crippen molar-refractivity contribution in [3.8, 4) is 39.1 Å². The van der Waals surface area contributed by atoms with E-state index in [1.165, 1.54) is 185 Å². The molecule has 1 aromatic heterocycles. The fourth-order valence-electron chi connectivity index (χ4n) is 18.5. The SMILES string of the molecule is CC(C)c1ccccc1-c1cccc(-c2cccc(N(c3ccc(C4CCCCC4)cc3)c3cc(C4CCCC4)c4ccc5c(N(c6ccc(C7CCCCC7)cc6)c6cccc7c6oc6c(-c8ccccc8C(C)C)cccc67)cc(C6CCCC6)c6ccc3c4c65)c2O)c1. The van der Waals surface area contributed by atoms with Gasteiger partial charge in [0.25, 0.3) is 0 Å². The van der Waals surface area contributed by atoms with Crippen molar-refractivity contribution in [1.29, 1.82) is 0 Å². The highest BCUT2D eigenvalue weighted by Gasteiger charge is 2.33. The molecule has 1 N–H and O–H groups in total. The van der Waals surface area contributed by atoms with Crippen molar-refractivity contribution in [2.75, 3.05) is 9.80 Å². The monoisotopic (exact) mass is 1250 g/mol. The number of fused-ring (bicyclic) bond motifs is 3. The van der Waals surface area contributed by atoms with E-state index < -0.39 is 0 Å². The van der Waals surface area contributed by atoms with Gasteiger partial charge in [0.15, 0.2) is 5.58 Å². The van der Waals surface area contributed by atoms with Crippen LogP contribution in [0, 0.1) is 0 Å². The summed E-state index contributed by atoms with van der Waals surface area (Å²) in [7, 11) is 0. The number of hydrogen-bond donors (Lipinski definition) is 1. The predicted molar refractivity (Wildman–Crippen MR) is 407 cm³/mol. The second kappa shape index (κ2) is 25.5. The van der Waals surface area contributed by atoms with Gasteiger partial charge in [0.05, 0.1) is 22.7 Å². The van der Waals surface area contributed by atoms with Crippen LogP contribution in [0.4, 0.5) is 34.1 Å². The molecular formula is C92H90N2O2. The Balaban J connectivity index is 0.925. The molecule has 4 aliphatic carbocycles. The number of aromatic hydroxyl groups is 1. The maximum Gasteiger partial charge on any atom is 0.159 e. The van der Waals surface area contributed by atoms with Crippen LogP contribution < -0.4 is 9.80 Å². The molecule has 1 heterocycles. The highest BCUT2D eigenvalue weighted by Crippen LogP contribution is 2.56. The van der Waals surface area contributed by atoms with Crippen LogP contribution in [0.5, 0.6) is 5.75 Å². The summed E-state index contributed by atoms with van der Waals surface area (Å²) in [6.07, 6.45) is 22.4. The zero-order valence-electron chi connectivity index (χ0n) is 56.6. The first-order valence-corrected chi connectivity index (χ1v) is 36.9. The minimum Gasteiger partial charge on any atom is -0.505 e. The van der Waals surface area contributed by atoms with Crippen LogP contribution in [0.3, 0.4) is 0 Å². The smallest absolute Gasteiger partial charge is 0.159 e. The third-order valence-electron chi connectivity index (χ3n) is 23.4. The van der Waals surface area contributed by atoms with Crippen molar-refractivity contribution in [2.45, 2.75) is 179 Å². The van der Waals surface area contributed by atoms with Crippen molar-refractivity contribution in [1.82, 2.24) is 0 Å². The molecule has 0 bridgehead atoms. The maximum atomic E-state index is 13.5. The molecule has 4 aliphatic rings. The number of hydrogen-bond acceptors (Lipinski definition) is 4. The van der Waals surface area contributed by atoms with E-state index in [0.717, 1.165) is 85.5 Å². The molecule has 480 valence electrons. The molecule has 13 aromatic rings. The van der Waals surface area contributed by atoms with Gasteiger partial charge in [0, 0.05) is 44.0 Å². The van der Waals surface area contributed by atoms with Gasteiger partial charge in [-0.3, -0.25) is 0 Å². The molecule has 0 atom stereocenters. The van der Waals surface area contributed by atoms with Gasteiger partial charge in [-0.2, -0.15) is 0 Å². The predicted octanol–water partition coefficient (Wildman–Crippen LogP) is 27.8. The van der Waals surface area contributed by atoms with E-state index in [0.29, 0.717) is 35.5 Å². The van der Waals surface area contributed by atoms with Gasteiger partial charge in [0.2, 0.25) is 0 Å². The Bertz CT molecular complexity index is 5000. The van der Waals surface area contributed by atoms with Gasteiger partial charge in [-0.1, -0.05) is 250 Å². The van der Waals surface area contributed by atoms with Gasteiger partial charge >= 0.3 is 0 Å². The summed E-state index contributed by atoms with van der Waals surface area (Å²) in [4.78, 5) is 5.04. The maximum absolute atomic E-state index is 13.5. The van der Waals surface area contributed by atoms with Crippen LogP contribution in [0.25, 0.3) is 87.6 Å². The summed E-state index contributed by atoms with van der Waals surface area (Å²) < 4.78 is 7.56. The van der Waals surface area contributed by atoms with Gasteiger partial charge in [-0.05, 0) is 219 Å². The van der Waals surface area contributed by atoms with Crippen LogP contribution in [-0.4, -0.2) is 5.11 Å². The Labute approximate surface area is 568 Å². The zero-order valence-corrected chi connectivity index (χ0v) is 56.6. The fraction of sp³-hybridized carbons (Fsp3) is 0.304. The molecule has 0 unspecified atom stereocenters. The van der Waals surface area contributed by atoms with Crippen LogP contribution in [0.15, 0.2) is 217 Å². The Morgan fingerprint density at radius 1 is 0.323 bits per heavy atom. The molecule has 0 amide bonds. The highest BCUT2D eigenvalue weighted by molar-refractivity contribution is 6.30. The number of benzene rings is 12. The van der Waals surface area contributed by atoms with E-state index in [1.807, 2.05) is 0 Å². The van der Waals surface area contributed by atoms with E-state index in [2.05, 4.69) is 250 Å². The standard InChI is InChI=1S/C92H90N2O2/c1-58(2)70-33-15-17-35-72(70)66-31-19-32-67(55-66)73-37-21-41-84(90(73)95)93(68-47-43-62(44-48-68)60-23-7-5-8-24-60)86-56-82(64-27-11-12-28-64)75-52-54-81-87(57-83(65-29-13-14-30-65)76-51-53-80(86)88(75)89(76)81)94(69-49-45-63(46-50-69)61-25-9-6-10-26-61)85-42-22-40-79-78-39-20-38-77(91(78)96-92(79)85)74-36-18-16-34-71(74)59(3)4/h15-22,31-61,64-65,95H,5-14,23-30H2,1-4H3. The van der Waals surface area contributed by atoms with E-state index >= 15 is 0 Å². The Hall–Kier alpha value is -9.12. The second-order valence-electron chi connectivity index (χ2n) is 29.7. The first-order valence-electron chi connectivity index (χ1n) is 36.9. The van der Waals surface area contributed by atoms with Crippen LogP contribution in [-0.2, 0) is 0 Å². The molecule has 12 aromatic carbocycles. The normalized spacial score (nSPS) is 16.3. The number of phenols is 1. The fourth-order valence-corrected chi connectivity index (χ4v) is 18.5. The van der Waals surface area contributed by atoms with Crippen molar-refractivity contribution >= 4 is 88.4 Å². The summed E-state index contributed by atoms with van der Waals surface area (Å²) in [5, 5.41) is 23.5. The lowest BCUT2D eigenvalue weighted by atomic mass is 9.82. The number of rotatable bonds is 15. The van der Waals surface area contributed by atoms with Crippen molar-refractivity contribution in [3.63, 3.8) is 0 Å². The van der Waals surface area contributed by atoms with Crippen LogP contribution in [0.1, 0.15) is 212 Å². The zero-order chi connectivity index (χ0) is 64.5. The lowest BCUT2D eigenvalue weighted by Gasteiger charge is -2.32. The number of anilines is 6. The summed E-state index contributed by atoms with van der Waals surface area (Å²) in [5.74, 6) is 2.96. The van der Waals surface area contributed by atoms with Gasteiger partial charge < -0.3 is 19.3 Å². The third-order valence-corrected chi connectivity index (χ3v) is 23.4. The van der Waals surface area contributed by atoms with E-state index in [4.69, 9.17) is 4.42 Å². The third kappa shape index (κ3) is 10.6. The topological polar surface area (TPSA) is 39.9 Å². The number of furan rings is 1. The molecule has 0 spiro atoms. The minimum absolute atomic E-state index is 0.281. The van der Waals surface area contributed by atoms with Crippen molar-refractivity contribution < 1.29 is 9.52 Å². The van der Waals surface area contributed by atoms with Crippen LogP contribution in [0.2, 0.25) is 0 Å². The molecule has 4 heteroatoms. The molecule has 0 aliphatic heterocycles. The van der Waals surface area contributed by atoms with E-state index in [1.54, 1.807) is 0 Å². The molecule has 0 saturated heterocycles.